The molecule has 36 heavy (non-hydrogen) atoms. The van der Waals surface area contributed by atoms with Crippen LogP contribution in [0, 0.1) is 6.92 Å². The molecular weight excluding hydrogens is 453 g/mol. The first-order valence-corrected chi connectivity index (χ1v) is 12.9. The number of aryl methyl sites for hydroxylation is 1. The lowest BCUT2D eigenvalue weighted by Gasteiger charge is -2.45. The number of carbonyl (C=O) groups is 1. The van der Waals surface area contributed by atoms with Gasteiger partial charge < -0.3 is 24.1 Å². The number of hydrogen-bond acceptors (Lipinski definition) is 5. The van der Waals surface area contributed by atoms with Crippen molar-refractivity contribution in [3.63, 3.8) is 0 Å². The topological polar surface area (TPSA) is 68.2 Å². The molecule has 2 aliphatic rings. The Bertz CT molecular complexity index is 1090. The van der Waals surface area contributed by atoms with Crippen molar-refractivity contribution in [3.05, 3.63) is 65.2 Å². The fourth-order valence-corrected chi connectivity index (χ4v) is 5.35. The van der Waals surface area contributed by atoms with Gasteiger partial charge in [0, 0.05) is 19.4 Å². The van der Waals surface area contributed by atoms with Crippen molar-refractivity contribution in [1.29, 1.82) is 0 Å². The standard InChI is InChI=1S/C29H40BNO5/c1-20-18-23(30-35-27(5,6)28(7,8)36-30)14-15-24(20)21(2)31-17-16-29(34-25(31)32,19-26(3,4)33)22-12-10-9-11-13-22/h9-15,18,21,33H,16-17,19H2,1-8H3/t21-,29-/m0/s1. The van der Waals surface area contributed by atoms with Crippen molar-refractivity contribution < 1.29 is 23.9 Å². The van der Waals surface area contributed by atoms with Gasteiger partial charge in [0.15, 0.2) is 0 Å². The molecule has 0 bridgehead atoms. The molecule has 7 heteroatoms. The lowest BCUT2D eigenvalue weighted by Crippen LogP contribution is -2.51. The third-order valence-corrected chi connectivity index (χ3v) is 8.03. The van der Waals surface area contributed by atoms with Crippen molar-refractivity contribution >= 4 is 18.7 Å². The molecule has 1 N–H and O–H groups in total. The molecule has 2 atom stereocenters. The summed E-state index contributed by atoms with van der Waals surface area (Å²) in [7, 11) is -0.425. The summed E-state index contributed by atoms with van der Waals surface area (Å²) in [6, 6.07) is 15.8. The van der Waals surface area contributed by atoms with E-state index in [1.807, 2.05) is 71.0 Å². The van der Waals surface area contributed by atoms with Crippen molar-refractivity contribution in [2.45, 2.75) is 96.7 Å². The van der Waals surface area contributed by atoms with Crippen molar-refractivity contribution in [1.82, 2.24) is 4.90 Å². The van der Waals surface area contributed by atoms with Gasteiger partial charge >= 0.3 is 13.2 Å². The van der Waals surface area contributed by atoms with Crippen molar-refractivity contribution in [3.8, 4) is 0 Å². The van der Waals surface area contributed by atoms with Crippen LogP contribution in [-0.4, -0.2) is 46.6 Å². The largest absolute Gasteiger partial charge is 0.494 e. The maximum absolute atomic E-state index is 13.4. The molecule has 194 valence electrons. The quantitative estimate of drug-likeness (QED) is 0.557. The first-order chi connectivity index (χ1) is 16.6. The first-order valence-electron chi connectivity index (χ1n) is 12.9. The second-order valence-electron chi connectivity index (χ2n) is 12.0. The number of rotatable bonds is 6. The Labute approximate surface area is 216 Å². The van der Waals surface area contributed by atoms with E-state index in [1.54, 1.807) is 18.7 Å². The average molecular weight is 493 g/mol. The monoisotopic (exact) mass is 493 g/mol. The molecule has 4 rings (SSSR count). The maximum Gasteiger partial charge on any atom is 0.494 e. The molecule has 2 fully saturated rings. The number of benzene rings is 2. The van der Waals surface area contributed by atoms with Crippen LogP contribution in [0.25, 0.3) is 0 Å². The molecule has 0 saturated carbocycles. The van der Waals surface area contributed by atoms with E-state index >= 15 is 0 Å². The summed E-state index contributed by atoms with van der Waals surface area (Å²) in [5.41, 5.74) is 1.37. The smallest absolute Gasteiger partial charge is 0.438 e. The van der Waals surface area contributed by atoms with E-state index in [0.717, 1.165) is 22.2 Å². The van der Waals surface area contributed by atoms with E-state index in [0.29, 0.717) is 19.4 Å². The predicted molar refractivity (Wildman–Crippen MR) is 142 cm³/mol. The minimum Gasteiger partial charge on any atom is -0.438 e. The number of aliphatic hydroxyl groups is 1. The molecule has 2 aliphatic heterocycles. The maximum atomic E-state index is 13.4. The van der Waals surface area contributed by atoms with E-state index in [-0.39, 0.29) is 12.1 Å². The average Bonchev–Trinajstić information content (AvgIpc) is 3.00. The molecule has 0 radical (unpaired) electrons. The Balaban J connectivity index is 1.54. The Kier molecular flexibility index (Phi) is 6.82. The molecule has 0 unspecified atom stereocenters. The van der Waals surface area contributed by atoms with Crippen LogP contribution in [0.3, 0.4) is 0 Å². The lowest BCUT2D eigenvalue weighted by molar-refractivity contribution is -0.101. The van der Waals surface area contributed by atoms with Gasteiger partial charge in [0.05, 0.1) is 22.8 Å². The Morgan fingerprint density at radius 2 is 1.67 bits per heavy atom. The van der Waals surface area contributed by atoms with Crippen LogP contribution in [0.5, 0.6) is 0 Å². The zero-order valence-corrected chi connectivity index (χ0v) is 22.9. The van der Waals surface area contributed by atoms with E-state index < -0.39 is 29.5 Å². The van der Waals surface area contributed by atoms with Crippen molar-refractivity contribution in [2.24, 2.45) is 0 Å². The zero-order valence-electron chi connectivity index (χ0n) is 22.9. The normalized spacial score (nSPS) is 24.5. The summed E-state index contributed by atoms with van der Waals surface area (Å²) in [6.45, 7) is 16.3. The summed E-state index contributed by atoms with van der Waals surface area (Å²) in [6.07, 6.45) is 0.568. The molecule has 0 spiro atoms. The minimum atomic E-state index is -0.982. The van der Waals surface area contributed by atoms with Gasteiger partial charge in [0.1, 0.15) is 5.60 Å². The molecule has 2 aromatic carbocycles. The van der Waals surface area contributed by atoms with Crippen LogP contribution in [0.4, 0.5) is 4.79 Å². The van der Waals surface area contributed by atoms with E-state index in [9.17, 15) is 9.90 Å². The van der Waals surface area contributed by atoms with Crippen LogP contribution in [0.1, 0.15) is 84.0 Å². The van der Waals surface area contributed by atoms with E-state index in [2.05, 4.69) is 19.1 Å². The first kappa shape index (κ1) is 26.7. The number of carbonyl (C=O) groups excluding carboxylic acids is 1. The molecule has 2 heterocycles. The molecule has 6 nitrogen and oxygen atoms in total. The predicted octanol–water partition coefficient (Wildman–Crippen LogP) is 5.25. The molecule has 1 amide bonds. The fourth-order valence-electron chi connectivity index (χ4n) is 5.35. The van der Waals surface area contributed by atoms with Gasteiger partial charge in [0.2, 0.25) is 0 Å². The number of amides is 1. The molecule has 2 aromatic rings. The number of nitrogens with zero attached hydrogens (tertiary/aromatic N) is 1. The lowest BCUT2D eigenvalue weighted by atomic mass is 9.77. The van der Waals surface area contributed by atoms with Crippen LogP contribution in [0.15, 0.2) is 48.5 Å². The number of hydrogen-bond donors (Lipinski definition) is 1. The highest BCUT2D eigenvalue weighted by atomic mass is 16.7. The van der Waals surface area contributed by atoms with Gasteiger partial charge in [-0.1, -0.05) is 48.5 Å². The van der Waals surface area contributed by atoms with Crippen molar-refractivity contribution in [2.75, 3.05) is 6.54 Å². The number of ether oxygens (including phenoxy) is 1. The fraction of sp³-hybridized carbons (Fsp3) is 0.552. The van der Waals surface area contributed by atoms with Gasteiger partial charge in [-0.2, -0.15) is 0 Å². The molecule has 0 aliphatic carbocycles. The van der Waals surface area contributed by atoms with E-state index in [4.69, 9.17) is 14.0 Å². The summed E-state index contributed by atoms with van der Waals surface area (Å²) >= 11 is 0. The SMILES string of the molecule is Cc1cc(B2OC(C)(C)C(C)(C)O2)ccc1[C@H](C)N1CC[C@](CC(C)(C)O)(c2ccccc2)OC1=O. The van der Waals surface area contributed by atoms with Crippen LogP contribution in [-0.2, 0) is 19.6 Å². The minimum absolute atomic E-state index is 0.166. The zero-order chi connectivity index (χ0) is 26.5. The Morgan fingerprint density at radius 3 is 2.19 bits per heavy atom. The Morgan fingerprint density at radius 1 is 1.06 bits per heavy atom. The van der Waals surface area contributed by atoms with E-state index in [1.165, 1.54) is 0 Å². The van der Waals surface area contributed by atoms with Gasteiger partial charge in [-0.15, -0.1) is 0 Å². The highest BCUT2D eigenvalue weighted by Crippen LogP contribution is 2.42. The molecule has 0 aromatic heterocycles. The number of cyclic esters (lactones) is 1. The highest BCUT2D eigenvalue weighted by molar-refractivity contribution is 6.62. The summed E-state index contributed by atoms with van der Waals surface area (Å²) in [5.74, 6) is 0. The summed E-state index contributed by atoms with van der Waals surface area (Å²) in [5, 5.41) is 10.6. The van der Waals surface area contributed by atoms with Crippen LogP contribution < -0.4 is 5.46 Å². The Hall–Kier alpha value is -2.35. The van der Waals surface area contributed by atoms with Gasteiger partial charge in [-0.25, -0.2) is 4.79 Å². The second kappa shape index (κ2) is 9.19. The van der Waals surface area contributed by atoms with Gasteiger partial charge in [-0.3, -0.25) is 0 Å². The van der Waals surface area contributed by atoms with Gasteiger partial charge in [-0.05, 0) is 77.5 Å². The third-order valence-electron chi connectivity index (χ3n) is 8.03. The molecule has 2 saturated heterocycles. The summed E-state index contributed by atoms with van der Waals surface area (Å²) < 4.78 is 18.6. The molecular formula is C29H40BNO5. The summed E-state index contributed by atoms with van der Waals surface area (Å²) in [4.78, 5) is 15.2. The van der Waals surface area contributed by atoms with Crippen LogP contribution >= 0.6 is 0 Å². The van der Waals surface area contributed by atoms with Gasteiger partial charge in [0.25, 0.3) is 0 Å². The van der Waals surface area contributed by atoms with Crippen LogP contribution in [0.2, 0.25) is 0 Å². The highest BCUT2D eigenvalue weighted by Gasteiger charge is 2.52. The third kappa shape index (κ3) is 5.06. The second-order valence-corrected chi connectivity index (χ2v) is 12.0.